The summed E-state index contributed by atoms with van der Waals surface area (Å²) in [5, 5.41) is 3.55. The second kappa shape index (κ2) is 7.99. The fraction of sp³-hybridized carbons (Fsp3) is 0.722. The largest absolute Gasteiger partial charge is 0.367 e. The monoisotopic (exact) mass is 346 g/mol. The number of likely N-dealkylation sites (tertiary alicyclic amines) is 2. The Labute approximate surface area is 150 Å². The van der Waals surface area contributed by atoms with Crippen LogP contribution in [-0.2, 0) is 4.79 Å². The molecule has 1 unspecified atom stereocenters. The third-order valence-electron chi connectivity index (χ3n) is 5.39. The molecule has 0 spiro atoms. The summed E-state index contributed by atoms with van der Waals surface area (Å²) in [5.41, 5.74) is 0. The van der Waals surface area contributed by atoms with Crippen LogP contribution in [0.25, 0.3) is 0 Å². The van der Waals surface area contributed by atoms with E-state index in [1.807, 2.05) is 37.0 Å². The SMILES string of the molecule is CN(C)c1cc(NC2CCN(CC3CCCC(=O)N3C)CC2)ncn1. The smallest absolute Gasteiger partial charge is 0.222 e. The Hall–Kier alpha value is -1.89. The van der Waals surface area contributed by atoms with Crippen molar-refractivity contribution < 1.29 is 4.79 Å². The summed E-state index contributed by atoms with van der Waals surface area (Å²) >= 11 is 0. The number of anilines is 2. The number of likely N-dealkylation sites (N-methyl/N-ethyl adjacent to an activating group) is 1. The Kier molecular flexibility index (Phi) is 5.73. The van der Waals surface area contributed by atoms with Gasteiger partial charge in [0.2, 0.25) is 5.91 Å². The standard InChI is InChI=1S/C18H30N6O/c1-22(2)17-11-16(19-13-20-17)21-14-7-9-24(10-8-14)12-15-5-4-6-18(25)23(15)3/h11,13-15H,4-10,12H2,1-3H3,(H,19,20,21). The fourth-order valence-electron chi connectivity index (χ4n) is 3.71. The van der Waals surface area contributed by atoms with E-state index in [0.717, 1.165) is 57.0 Å². The number of rotatable bonds is 5. The van der Waals surface area contributed by atoms with Crippen molar-refractivity contribution in [1.29, 1.82) is 0 Å². The van der Waals surface area contributed by atoms with Gasteiger partial charge in [0.05, 0.1) is 0 Å². The zero-order valence-electron chi connectivity index (χ0n) is 15.6. The Bertz CT molecular complexity index is 585. The van der Waals surface area contributed by atoms with Gasteiger partial charge < -0.3 is 20.0 Å². The molecule has 2 saturated heterocycles. The Morgan fingerprint density at radius 3 is 2.72 bits per heavy atom. The molecule has 0 aliphatic carbocycles. The molecule has 2 aliphatic heterocycles. The molecule has 1 aromatic rings. The van der Waals surface area contributed by atoms with Gasteiger partial charge in [-0.25, -0.2) is 9.97 Å². The van der Waals surface area contributed by atoms with Crippen LogP contribution in [0.4, 0.5) is 11.6 Å². The molecule has 138 valence electrons. The summed E-state index contributed by atoms with van der Waals surface area (Å²) in [6.45, 7) is 3.15. The zero-order valence-corrected chi connectivity index (χ0v) is 15.6. The van der Waals surface area contributed by atoms with Gasteiger partial charge in [-0.05, 0) is 25.7 Å². The minimum absolute atomic E-state index is 0.299. The minimum atomic E-state index is 0.299. The number of amides is 1. The van der Waals surface area contributed by atoms with E-state index in [4.69, 9.17) is 0 Å². The molecule has 1 aromatic heterocycles. The van der Waals surface area contributed by atoms with E-state index >= 15 is 0 Å². The summed E-state index contributed by atoms with van der Waals surface area (Å²) in [4.78, 5) is 26.9. The second-order valence-electron chi connectivity index (χ2n) is 7.43. The van der Waals surface area contributed by atoms with Crippen molar-refractivity contribution in [3.8, 4) is 0 Å². The zero-order chi connectivity index (χ0) is 17.8. The van der Waals surface area contributed by atoms with Crippen LogP contribution in [-0.4, -0.2) is 78.5 Å². The summed E-state index contributed by atoms with van der Waals surface area (Å²) < 4.78 is 0. The normalized spacial score (nSPS) is 22.9. The molecular weight excluding hydrogens is 316 g/mol. The average Bonchev–Trinajstić information content (AvgIpc) is 2.61. The van der Waals surface area contributed by atoms with Gasteiger partial charge in [-0.3, -0.25) is 4.79 Å². The number of nitrogens with one attached hydrogen (secondary N) is 1. The lowest BCUT2D eigenvalue weighted by Crippen LogP contribution is -2.50. The Morgan fingerprint density at radius 2 is 2.00 bits per heavy atom. The van der Waals surface area contributed by atoms with Gasteiger partial charge >= 0.3 is 0 Å². The van der Waals surface area contributed by atoms with Crippen LogP contribution in [0.3, 0.4) is 0 Å². The first-order valence-electron chi connectivity index (χ1n) is 9.27. The van der Waals surface area contributed by atoms with Crippen LogP contribution in [0.1, 0.15) is 32.1 Å². The number of carbonyl (C=O) groups excluding carboxylic acids is 1. The van der Waals surface area contributed by atoms with Crippen molar-refractivity contribution in [2.75, 3.05) is 51.0 Å². The predicted octanol–water partition coefficient (Wildman–Crippen LogP) is 1.43. The Morgan fingerprint density at radius 1 is 1.24 bits per heavy atom. The van der Waals surface area contributed by atoms with Crippen molar-refractivity contribution in [3.05, 3.63) is 12.4 Å². The van der Waals surface area contributed by atoms with E-state index in [9.17, 15) is 4.79 Å². The van der Waals surface area contributed by atoms with Gasteiger partial charge in [0.25, 0.3) is 0 Å². The number of hydrogen-bond donors (Lipinski definition) is 1. The van der Waals surface area contributed by atoms with E-state index in [1.165, 1.54) is 0 Å². The molecule has 0 aromatic carbocycles. The first-order chi connectivity index (χ1) is 12.0. The van der Waals surface area contributed by atoms with Gasteiger partial charge in [0.1, 0.15) is 18.0 Å². The van der Waals surface area contributed by atoms with Crippen molar-refractivity contribution in [2.45, 2.75) is 44.2 Å². The lowest BCUT2D eigenvalue weighted by Gasteiger charge is -2.39. The third kappa shape index (κ3) is 4.60. The maximum Gasteiger partial charge on any atom is 0.222 e. The van der Waals surface area contributed by atoms with Gasteiger partial charge in [0, 0.05) is 65.3 Å². The lowest BCUT2D eigenvalue weighted by molar-refractivity contribution is -0.135. The molecule has 2 aliphatic rings. The van der Waals surface area contributed by atoms with Gasteiger partial charge in [-0.2, -0.15) is 0 Å². The second-order valence-corrected chi connectivity index (χ2v) is 7.43. The highest BCUT2D eigenvalue weighted by atomic mass is 16.2. The van der Waals surface area contributed by atoms with Crippen molar-refractivity contribution in [1.82, 2.24) is 19.8 Å². The van der Waals surface area contributed by atoms with E-state index in [0.29, 0.717) is 24.4 Å². The van der Waals surface area contributed by atoms with Gasteiger partial charge in [-0.15, -0.1) is 0 Å². The van der Waals surface area contributed by atoms with Crippen LogP contribution < -0.4 is 10.2 Å². The van der Waals surface area contributed by atoms with Crippen molar-refractivity contribution in [3.63, 3.8) is 0 Å². The number of hydrogen-bond acceptors (Lipinski definition) is 6. The number of aromatic nitrogens is 2. The fourth-order valence-corrected chi connectivity index (χ4v) is 3.71. The lowest BCUT2D eigenvalue weighted by atomic mass is 9.99. The summed E-state index contributed by atoms with van der Waals surface area (Å²) in [6.07, 6.45) is 6.70. The number of carbonyl (C=O) groups is 1. The third-order valence-corrected chi connectivity index (χ3v) is 5.39. The quantitative estimate of drug-likeness (QED) is 0.870. The van der Waals surface area contributed by atoms with Crippen LogP contribution in [0, 0.1) is 0 Å². The first-order valence-corrected chi connectivity index (χ1v) is 9.27. The molecule has 2 fully saturated rings. The molecule has 0 saturated carbocycles. The predicted molar refractivity (Wildman–Crippen MR) is 99.9 cm³/mol. The average molecular weight is 346 g/mol. The van der Waals surface area contributed by atoms with Crippen LogP contribution >= 0.6 is 0 Å². The molecule has 0 bridgehead atoms. The minimum Gasteiger partial charge on any atom is -0.367 e. The highest BCUT2D eigenvalue weighted by Gasteiger charge is 2.28. The topological polar surface area (TPSA) is 64.6 Å². The summed E-state index contributed by atoms with van der Waals surface area (Å²) in [7, 11) is 5.92. The number of nitrogens with zero attached hydrogens (tertiary/aromatic N) is 5. The first kappa shape index (κ1) is 17.9. The molecule has 1 atom stereocenters. The van der Waals surface area contributed by atoms with E-state index in [2.05, 4.69) is 20.2 Å². The van der Waals surface area contributed by atoms with E-state index < -0.39 is 0 Å². The maximum absolute atomic E-state index is 11.9. The summed E-state index contributed by atoms with van der Waals surface area (Å²) in [5.74, 6) is 2.11. The molecule has 25 heavy (non-hydrogen) atoms. The maximum atomic E-state index is 11.9. The molecule has 3 rings (SSSR count). The van der Waals surface area contributed by atoms with Gasteiger partial charge in [0.15, 0.2) is 0 Å². The van der Waals surface area contributed by atoms with E-state index in [1.54, 1.807) is 6.33 Å². The molecule has 3 heterocycles. The van der Waals surface area contributed by atoms with Gasteiger partial charge in [-0.1, -0.05) is 0 Å². The van der Waals surface area contributed by atoms with Crippen LogP contribution in [0.15, 0.2) is 12.4 Å². The van der Waals surface area contributed by atoms with E-state index in [-0.39, 0.29) is 0 Å². The van der Waals surface area contributed by atoms with Crippen LogP contribution in [0.5, 0.6) is 0 Å². The van der Waals surface area contributed by atoms with Crippen molar-refractivity contribution >= 4 is 17.5 Å². The van der Waals surface area contributed by atoms with Crippen molar-refractivity contribution in [2.24, 2.45) is 0 Å². The molecule has 1 amide bonds. The molecular formula is C18H30N6O. The highest BCUT2D eigenvalue weighted by molar-refractivity contribution is 5.76. The molecule has 7 nitrogen and oxygen atoms in total. The molecule has 1 N–H and O–H groups in total. The molecule has 7 heteroatoms. The van der Waals surface area contributed by atoms with Crippen LogP contribution in [0.2, 0.25) is 0 Å². The molecule has 0 radical (unpaired) electrons. The number of piperidine rings is 2. The highest BCUT2D eigenvalue weighted by Crippen LogP contribution is 2.21. The summed E-state index contributed by atoms with van der Waals surface area (Å²) in [6, 6.07) is 2.83. The Balaban J connectivity index is 1.47.